The summed E-state index contributed by atoms with van der Waals surface area (Å²) in [6.45, 7) is 0. The van der Waals surface area contributed by atoms with E-state index in [-0.39, 0.29) is 26.9 Å². The summed E-state index contributed by atoms with van der Waals surface area (Å²) < 4.78 is 13.6. The van der Waals surface area contributed by atoms with Crippen molar-refractivity contribution >= 4 is 40.8 Å². The minimum Gasteiger partial charge on any atom is -0.478 e. The van der Waals surface area contributed by atoms with Gasteiger partial charge in [-0.1, -0.05) is 29.3 Å². The van der Waals surface area contributed by atoms with Gasteiger partial charge in [0, 0.05) is 0 Å². The van der Waals surface area contributed by atoms with Crippen molar-refractivity contribution in [1.29, 1.82) is 0 Å². The molecule has 0 bridgehead atoms. The summed E-state index contributed by atoms with van der Waals surface area (Å²) in [6, 6.07) is 7.64. The highest BCUT2D eigenvalue weighted by atomic mass is 35.5. The van der Waals surface area contributed by atoms with Crippen molar-refractivity contribution < 1.29 is 19.1 Å². The summed E-state index contributed by atoms with van der Waals surface area (Å²) in [5, 5.41) is 11.2. The third-order valence-corrected chi connectivity index (χ3v) is 3.28. The number of hydrogen-bond acceptors (Lipinski definition) is 2. The summed E-state index contributed by atoms with van der Waals surface area (Å²) in [4.78, 5) is 22.8. The van der Waals surface area contributed by atoms with Crippen molar-refractivity contribution in [2.45, 2.75) is 0 Å². The van der Waals surface area contributed by atoms with Gasteiger partial charge in [-0.15, -0.1) is 0 Å². The number of anilines is 1. The Morgan fingerprint density at radius 1 is 1.10 bits per heavy atom. The van der Waals surface area contributed by atoms with E-state index in [1.54, 1.807) is 0 Å². The lowest BCUT2D eigenvalue weighted by Gasteiger charge is -2.09. The number of rotatable bonds is 3. The third kappa shape index (κ3) is 3.32. The highest BCUT2D eigenvalue weighted by Crippen LogP contribution is 2.25. The monoisotopic (exact) mass is 327 g/mol. The molecule has 0 atom stereocenters. The summed E-state index contributed by atoms with van der Waals surface area (Å²) in [5.74, 6) is -2.69. The minimum absolute atomic E-state index is 0.0238. The second-order valence-corrected chi connectivity index (χ2v) is 4.86. The minimum atomic E-state index is -1.15. The van der Waals surface area contributed by atoms with Gasteiger partial charge in [-0.05, 0) is 30.3 Å². The molecule has 0 aliphatic carbocycles. The Balaban J connectivity index is 2.30. The molecule has 2 aromatic rings. The molecule has 2 N–H and O–H groups in total. The molecule has 2 aromatic carbocycles. The Hall–Kier alpha value is -2.11. The van der Waals surface area contributed by atoms with Crippen LogP contribution in [0.25, 0.3) is 0 Å². The van der Waals surface area contributed by atoms with Crippen molar-refractivity contribution in [2.75, 3.05) is 5.32 Å². The number of hydrogen-bond donors (Lipinski definition) is 2. The first-order valence-corrected chi connectivity index (χ1v) is 6.44. The lowest BCUT2D eigenvalue weighted by molar-refractivity contribution is 0.0696. The molecule has 7 heteroatoms. The lowest BCUT2D eigenvalue weighted by Crippen LogP contribution is -2.15. The molecular formula is C14H8Cl2FNO3. The Bertz CT molecular complexity index is 714. The van der Waals surface area contributed by atoms with E-state index in [1.165, 1.54) is 30.3 Å². The smallest absolute Gasteiger partial charge is 0.335 e. The summed E-state index contributed by atoms with van der Waals surface area (Å²) in [7, 11) is 0. The zero-order chi connectivity index (χ0) is 15.6. The maximum absolute atomic E-state index is 13.6. The van der Waals surface area contributed by atoms with Gasteiger partial charge >= 0.3 is 5.97 Å². The molecule has 0 aliphatic rings. The molecule has 0 saturated carbocycles. The van der Waals surface area contributed by atoms with Crippen molar-refractivity contribution in [3.63, 3.8) is 0 Å². The molecule has 0 aromatic heterocycles. The number of carboxylic acids is 1. The van der Waals surface area contributed by atoms with Gasteiger partial charge in [-0.3, -0.25) is 4.79 Å². The number of benzene rings is 2. The van der Waals surface area contributed by atoms with Gasteiger partial charge in [0.1, 0.15) is 5.82 Å². The first kappa shape index (κ1) is 15.3. The zero-order valence-corrected chi connectivity index (χ0v) is 11.9. The number of halogens is 3. The Kier molecular flexibility index (Phi) is 4.45. The topological polar surface area (TPSA) is 66.4 Å². The highest BCUT2D eigenvalue weighted by molar-refractivity contribution is 6.36. The molecule has 108 valence electrons. The molecule has 4 nitrogen and oxygen atoms in total. The largest absolute Gasteiger partial charge is 0.478 e. The number of carboxylic acid groups (broad SMARTS) is 1. The molecule has 0 fully saturated rings. The molecule has 0 saturated heterocycles. The van der Waals surface area contributed by atoms with Crippen LogP contribution in [0.2, 0.25) is 10.0 Å². The van der Waals surface area contributed by atoms with Crippen LogP contribution in [-0.2, 0) is 0 Å². The van der Waals surface area contributed by atoms with Gasteiger partial charge in [0.2, 0.25) is 0 Å². The standard InChI is InChI=1S/C14H8Cl2FNO3/c15-8-2-1-3-10(17)12(8)13(19)18-11-5-4-7(14(20)21)6-9(11)16/h1-6H,(H,18,19)(H,20,21). The van der Waals surface area contributed by atoms with E-state index in [0.717, 1.165) is 6.07 Å². The normalized spacial score (nSPS) is 10.2. The van der Waals surface area contributed by atoms with E-state index in [9.17, 15) is 14.0 Å². The molecule has 0 heterocycles. The number of aromatic carboxylic acids is 1. The molecule has 21 heavy (non-hydrogen) atoms. The molecule has 0 radical (unpaired) electrons. The van der Waals surface area contributed by atoms with Gasteiger partial charge in [-0.2, -0.15) is 0 Å². The van der Waals surface area contributed by atoms with Gasteiger partial charge in [0.05, 0.1) is 26.9 Å². The number of nitrogens with one attached hydrogen (secondary N) is 1. The Morgan fingerprint density at radius 3 is 2.38 bits per heavy atom. The van der Waals surface area contributed by atoms with Crippen LogP contribution < -0.4 is 5.32 Å². The highest BCUT2D eigenvalue weighted by Gasteiger charge is 2.17. The molecular weight excluding hydrogens is 320 g/mol. The summed E-state index contributed by atoms with van der Waals surface area (Å²) in [5.41, 5.74) is -0.176. The first-order chi connectivity index (χ1) is 9.90. The molecule has 0 spiro atoms. The van der Waals surface area contributed by atoms with Crippen molar-refractivity contribution in [2.24, 2.45) is 0 Å². The summed E-state index contributed by atoms with van der Waals surface area (Å²) in [6.07, 6.45) is 0. The van der Waals surface area contributed by atoms with Crippen LogP contribution >= 0.6 is 23.2 Å². The number of amides is 1. The maximum Gasteiger partial charge on any atom is 0.335 e. The SMILES string of the molecule is O=C(O)c1ccc(NC(=O)c2c(F)cccc2Cl)c(Cl)c1. The van der Waals surface area contributed by atoms with Gasteiger partial charge in [0.15, 0.2) is 0 Å². The molecule has 0 aliphatic heterocycles. The van der Waals surface area contributed by atoms with Crippen LogP contribution in [0.15, 0.2) is 36.4 Å². The quantitative estimate of drug-likeness (QED) is 0.892. The van der Waals surface area contributed by atoms with Crippen LogP contribution in [0.3, 0.4) is 0 Å². The predicted octanol–water partition coefficient (Wildman–Crippen LogP) is 4.08. The van der Waals surface area contributed by atoms with Crippen molar-refractivity contribution in [3.05, 3.63) is 63.4 Å². The maximum atomic E-state index is 13.6. The van der Waals surface area contributed by atoms with Crippen molar-refractivity contribution in [1.82, 2.24) is 0 Å². The fraction of sp³-hybridized carbons (Fsp3) is 0. The van der Waals surface area contributed by atoms with E-state index >= 15 is 0 Å². The van der Waals surface area contributed by atoms with E-state index in [0.29, 0.717) is 0 Å². The fourth-order valence-corrected chi connectivity index (χ4v) is 2.13. The average molecular weight is 328 g/mol. The third-order valence-electron chi connectivity index (χ3n) is 2.65. The number of carbonyl (C=O) groups is 2. The van der Waals surface area contributed by atoms with Gasteiger partial charge < -0.3 is 10.4 Å². The van der Waals surface area contributed by atoms with Crippen LogP contribution in [-0.4, -0.2) is 17.0 Å². The second-order valence-electron chi connectivity index (χ2n) is 4.05. The van der Waals surface area contributed by atoms with Gasteiger partial charge in [0.25, 0.3) is 5.91 Å². The van der Waals surface area contributed by atoms with E-state index < -0.39 is 17.7 Å². The average Bonchev–Trinajstić information content (AvgIpc) is 2.40. The Labute approximate surface area is 129 Å². The Morgan fingerprint density at radius 2 is 1.81 bits per heavy atom. The fourth-order valence-electron chi connectivity index (χ4n) is 1.65. The van der Waals surface area contributed by atoms with E-state index in [1.807, 2.05) is 0 Å². The van der Waals surface area contributed by atoms with Gasteiger partial charge in [-0.25, -0.2) is 9.18 Å². The van der Waals surface area contributed by atoms with Crippen molar-refractivity contribution in [3.8, 4) is 0 Å². The molecule has 0 unspecified atom stereocenters. The van der Waals surface area contributed by atoms with E-state index in [2.05, 4.69) is 5.32 Å². The predicted molar refractivity (Wildman–Crippen MR) is 77.8 cm³/mol. The molecule has 1 amide bonds. The van der Waals surface area contributed by atoms with E-state index in [4.69, 9.17) is 28.3 Å². The van der Waals surface area contributed by atoms with Crippen LogP contribution in [0, 0.1) is 5.82 Å². The first-order valence-electron chi connectivity index (χ1n) is 5.68. The second kappa shape index (κ2) is 6.11. The van der Waals surface area contributed by atoms with Crippen LogP contribution in [0.5, 0.6) is 0 Å². The van der Waals surface area contributed by atoms with Crippen LogP contribution in [0.4, 0.5) is 10.1 Å². The number of carbonyl (C=O) groups excluding carboxylic acids is 1. The molecule has 2 rings (SSSR count). The lowest BCUT2D eigenvalue weighted by atomic mass is 10.1. The zero-order valence-electron chi connectivity index (χ0n) is 10.4. The summed E-state index contributed by atoms with van der Waals surface area (Å²) >= 11 is 11.7. The van der Waals surface area contributed by atoms with Crippen LogP contribution in [0.1, 0.15) is 20.7 Å².